The summed E-state index contributed by atoms with van der Waals surface area (Å²) in [5.41, 5.74) is 4.17. The van der Waals surface area contributed by atoms with Crippen LogP contribution in [0.3, 0.4) is 0 Å². The van der Waals surface area contributed by atoms with Crippen molar-refractivity contribution in [3.8, 4) is 11.7 Å². The zero-order valence-electron chi connectivity index (χ0n) is 14.4. The Morgan fingerprint density at radius 2 is 1.88 bits per heavy atom. The van der Waals surface area contributed by atoms with Gasteiger partial charge in [-0.1, -0.05) is 0 Å². The Bertz CT molecular complexity index is 1110. The Morgan fingerprint density at radius 1 is 1.12 bits per heavy atom. The van der Waals surface area contributed by atoms with Crippen LogP contribution in [0.1, 0.15) is 23.3 Å². The van der Waals surface area contributed by atoms with Gasteiger partial charge >= 0.3 is 0 Å². The van der Waals surface area contributed by atoms with Crippen LogP contribution in [0.25, 0.3) is 21.9 Å². The van der Waals surface area contributed by atoms with E-state index in [1.165, 1.54) is 17.4 Å². The van der Waals surface area contributed by atoms with Gasteiger partial charge in [0.25, 0.3) is 17.7 Å². The molecule has 0 atom stereocenters. The van der Waals surface area contributed by atoms with Gasteiger partial charge in [0.05, 0.1) is 5.39 Å². The van der Waals surface area contributed by atoms with Gasteiger partial charge in [0.2, 0.25) is 11.7 Å². The van der Waals surface area contributed by atoms with E-state index in [1.807, 2.05) is 13.8 Å². The number of nitrogens with one attached hydrogen (secondary N) is 1. The Labute approximate surface area is 151 Å². The van der Waals surface area contributed by atoms with Gasteiger partial charge in [-0.2, -0.15) is 5.01 Å². The van der Waals surface area contributed by atoms with E-state index >= 15 is 0 Å². The predicted octanol–water partition coefficient (Wildman–Crippen LogP) is 2.31. The summed E-state index contributed by atoms with van der Waals surface area (Å²) in [5, 5.41) is 9.42. The number of rotatable bonds is 3. The molecule has 1 aliphatic rings. The van der Waals surface area contributed by atoms with Crippen molar-refractivity contribution in [2.24, 2.45) is 0 Å². The van der Waals surface area contributed by atoms with Gasteiger partial charge in [0.15, 0.2) is 5.82 Å². The maximum absolute atomic E-state index is 12.2. The molecule has 1 aliphatic heterocycles. The lowest BCUT2D eigenvalue weighted by Crippen LogP contribution is -2.36. The molecular weight excluding hydrogens is 356 g/mol. The first kappa shape index (κ1) is 16.3. The van der Waals surface area contributed by atoms with Crippen molar-refractivity contribution in [1.82, 2.24) is 25.2 Å². The summed E-state index contributed by atoms with van der Waals surface area (Å²) in [5.74, 6) is 0.268. The lowest BCUT2D eigenvalue weighted by atomic mass is 10.2. The van der Waals surface area contributed by atoms with Crippen molar-refractivity contribution in [3.63, 3.8) is 0 Å². The number of fused-ring (bicyclic) bond motifs is 1. The molecule has 0 saturated carbocycles. The third-order valence-corrected chi connectivity index (χ3v) is 5.17. The van der Waals surface area contributed by atoms with Gasteiger partial charge in [-0.15, -0.1) is 21.5 Å². The van der Waals surface area contributed by atoms with Crippen molar-refractivity contribution in [1.29, 1.82) is 0 Å². The fourth-order valence-corrected chi connectivity index (χ4v) is 3.64. The van der Waals surface area contributed by atoms with Gasteiger partial charge in [0.1, 0.15) is 4.83 Å². The molecule has 132 valence electrons. The van der Waals surface area contributed by atoms with Crippen molar-refractivity contribution >= 4 is 39.2 Å². The monoisotopic (exact) mass is 370 g/mol. The molecule has 10 heteroatoms. The molecule has 4 heterocycles. The highest BCUT2D eigenvalue weighted by atomic mass is 32.1. The van der Waals surface area contributed by atoms with Crippen LogP contribution >= 0.6 is 11.3 Å². The Balaban J connectivity index is 1.86. The van der Waals surface area contributed by atoms with E-state index in [-0.39, 0.29) is 11.7 Å². The average molecular weight is 370 g/mol. The van der Waals surface area contributed by atoms with E-state index in [0.29, 0.717) is 22.1 Å². The van der Waals surface area contributed by atoms with Crippen LogP contribution < -0.4 is 5.43 Å². The van der Waals surface area contributed by atoms with Crippen molar-refractivity contribution in [2.45, 2.75) is 27.7 Å². The van der Waals surface area contributed by atoms with Crippen LogP contribution in [0, 0.1) is 20.8 Å². The minimum absolute atomic E-state index is 0.171. The summed E-state index contributed by atoms with van der Waals surface area (Å²) in [6.07, 6.45) is 1.28. The number of hydrogen-bond donors (Lipinski definition) is 1. The molecule has 4 rings (SSSR count). The van der Waals surface area contributed by atoms with E-state index in [1.54, 1.807) is 13.8 Å². The smallest absolute Gasteiger partial charge is 0.285 e. The van der Waals surface area contributed by atoms with Gasteiger partial charge in [-0.05, 0) is 26.3 Å². The topological polar surface area (TPSA) is 114 Å². The fraction of sp³-hybridized carbons (Fsp3) is 0.250. The number of hydrazine groups is 1. The third kappa shape index (κ3) is 2.46. The molecule has 0 radical (unpaired) electrons. The maximum atomic E-state index is 12.2. The van der Waals surface area contributed by atoms with Crippen LogP contribution in [-0.2, 0) is 9.59 Å². The minimum atomic E-state index is -0.445. The van der Waals surface area contributed by atoms with E-state index in [0.717, 1.165) is 20.8 Å². The number of thiophene rings is 1. The van der Waals surface area contributed by atoms with Crippen LogP contribution in [0.15, 0.2) is 16.1 Å². The van der Waals surface area contributed by atoms with Crippen molar-refractivity contribution in [2.75, 3.05) is 5.43 Å². The predicted molar refractivity (Wildman–Crippen MR) is 94.2 cm³/mol. The lowest BCUT2D eigenvalue weighted by Gasteiger charge is -2.17. The Hall–Kier alpha value is -3.14. The second kappa shape index (κ2) is 5.70. The first-order valence-corrected chi connectivity index (χ1v) is 8.58. The Kier molecular flexibility index (Phi) is 3.58. The minimum Gasteiger partial charge on any atom is -0.418 e. The van der Waals surface area contributed by atoms with Crippen LogP contribution in [0.4, 0.5) is 5.82 Å². The number of aryl methyl sites for hydroxylation is 3. The van der Waals surface area contributed by atoms with Gasteiger partial charge < -0.3 is 4.42 Å². The van der Waals surface area contributed by atoms with Crippen molar-refractivity contribution in [3.05, 3.63) is 28.0 Å². The number of imide groups is 1. The molecule has 0 spiro atoms. The second-order valence-electron chi connectivity index (χ2n) is 5.90. The first-order valence-electron chi connectivity index (χ1n) is 7.76. The number of amides is 2. The standard InChI is InChI=1S/C16H14N6O3S/c1-6-5-10(23)22(16(6)24)21-12-11-7(2)8(3)26-15(11)18-13(17-12)14-20-19-9(4)25-14/h5H,1-4H3,(H,17,18,21). The summed E-state index contributed by atoms with van der Waals surface area (Å²) in [6, 6.07) is 0. The summed E-state index contributed by atoms with van der Waals surface area (Å²) >= 11 is 1.49. The maximum Gasteiger partial charge on any atom is 0.285 e. The lowest BCUT2D eigenvalue weighted by molar-refractivity contribution is -0.135. The summed E-state index contributed by atoms with van der Waals surface area (Å²) in [6.45, 7) is 7.17. The molecule has 0 unspecified atom stereocenters. The number of nitrogens with zero attached hydrogens (tertiary/aromatic N) is 5. The van der Waals surface area contributed by atoms with Gasteiger partial charge in [-0.3, -0.25) is 15.0 Å². The normalized spacial score (nSPS) is 14.5. The molecule has 0 aliphatic carbocycles. The molecule has 26 heavy (non-hydrogen) atoms. The zero-order valence-corrected chi connectivity index (χ0v) is 15.3. The molecule has 9 nitrogen and oxygen atoms in total. The van der Waals surface area contributed by atoms with E-state index in [2.05, 4.69) is 25.6 Å². The SMILES string of the molecule is CC1=CC(=O)N(Nc2nc(-c3nnc(C)o3)nc3sc(C)c(C)c23)C1=O. The number of hydrogen-bond acceptors (Lipinski definition) is 9. The molecular formula is C16H14N6O3S. The highest BCUT2D eigenvalue weighted by Crippen LogP contribution is 2.35. The highest BCUT2D eigenvalue weighted by molar-refractivity contribution is 7.18. The summed E-state index contributed by atoms with van der Waals surface area (Å²) in [4.78, 5) is 35.0. The van der Waals surface area contributed by atoms with Crippen molar-refractivity contribution < 1.29 is 14.0 Å². The second-order valence-corrected chi connectivity index (χ2v) is 7.11. The van der Waals surface area contributed by atoms with E-state index < -0.39 is 11.8 Å². The average Bonchev–Trinajstić information content (AvgIpc) is 3.21. The molecule has 0 aromatic carbocycles. The number of anilines is 1. The molecule has 0 fully saturated rings. The summed E-state index contributed by atoms with van der Waals surface area (Å²) in [7, 11) is 0. The largest absolute Gasteiger partial charge is 0.418 e. The highest BCUT2D eigenvalue weighted by Gasteiger charge is 2.30. The van der Waals surface area contributed by atoms with Crippen LogP contribution in [0.5, 0.6) is 0 Å². The van der Waals surface area contributed by atoms with Gasteiger partial charge in [0, 0.05) is 23.5 Å². The molecule has 3 aromatic heterocycles. The number of aromatic nitrogens is 4. The van der Waals surface area contributed by atoms with E-state index in [4.69, 9.17) is 4.42 Å². The quantitative estimate of drug-likeness (QED) is 0.699. The molecule has 2 amide bonds. The molecule has 0 bridgehead atoms. The number of carbonyl (C=O) groups excluding carboxylic acids is 2. The Morgan fingerprint density at radius 3 is 2.50 bits per heavy atom. The number of carbonyl (C=O) groups is 2. The third-order valence-electron chi connectivity index (χ3n) is 4.06. The van der Waals surface area contributed by atoms with Gasteiger partial charge in [-0.25, -0.2) is 9.97 Å². The molecule has 0 saturated heterocycles. The molecule has 3 aromatic rings. The van der Waals surface area contributed by atoms with Crippen LogP contribution in [0.2, 0.25) is 0 Å². The first-order chi connectivity index (χ1) is 12.3. The molecule has 1 N–H and O–H groups in total. The van der Waals surface area contributed by atoms with E-state index in [9.17, 15) is 9.59 Å². The summed E-state index contributed by atoms with van der Waals surface area (Å²) < 4.78 is 5.41. The zero-order chi connectivity index (χ0) is 18.6. The van der Waals surface area contributed by atoms with Crippen LogP contribution in [-0.4, -0.2) is 37.0 Å². The fourth-order valence-electron chi connectivity index (χ4n) is 2.61.